The van der Waals surface area contributed by atoms with Crippen molar-refractivity contribution in [2.45, 2.75) is 6.54 Å². The Morgan fingerprint density at radius 2 is 1.77 bits per heavy atom. The number of amides is 2. The Labute approximate surface area is 182 Å². The van der Waals surface area contributed by atoms with Crippen molar-refractivity contribution in [1.82, 2.24) is 4.90 Å². The van der Waals surface area contributed by atoms with Crippen LogP contribution in [0.2, 0.25) is 15.1 Å². The lowest BCUT2D eigenvalue weighted by molar-refractivity contribution is -0.123. The standard InChI is InChI=1S/C17H9Cl3INO3S/c18-11-6-12(19)15(23)14(20)10(11)5-13-16(24)22(17(25)26-13)7-8-1-3-9(21)4-2-8/h1-6,23H,7H2/b13-5-. The first-order valence-corrected chi connectivity index (χ1v) is 10.2. The van der Waals surface area contributed by atoms with E-state index < -0.39 is 5.91 Å². The molecular formula is C17H9Cl3INO3S. The van der Waals surface area contributed by atoms with Crippen LogP contribution in [0.1, 0.15) is 11.1 Å². The van der Waals surface area contributed by atoms with Crippen LogP contribution >= 0.6 is 69.2 Å². The number of nitrogens with zero attached hydrogens (tertiary/aromatic N) is 1. The van der Waals surface area contributed by atoms with Crippen LogP contribution in [-0.2, 0) is 11.3 Å². The molecule has 2 aromatic carbocycles. The first-order chi connectivity index (χ1) is 12.3. The molecular weight excluding hydrogens is 532 g/mol. The fraction of sp³-hybridized carbons (Fsp3) is 0.0588. The largest absolute Gasteiger partial charge is 0.505 e. The van der Waals surface area contributed by atoms with Crippen LogP contribution < -0.4 is 0 Å². The number of carbonyl (C=O) groups is 2. The monoisotopic (exact) mass is 539 g/mol. The molecule has 26 heavy (non-hydrogen) atoms. The Kier molecular flexibility index (Phi) is 6.08. The summed E-state index contributed by atoms with van der Waals surface area (Å²) in [5, 5.41) is 9.56. The van der Waals surface area contributed by atoms with Gasteiger partial charge in [0.2, 0.25) is 0 Å². The number of aromatic hydroxyl groups is 1. The maximum atomic E-state index is 12.6. The number of rotatable bonds is 3. The molecule has 4 nitrogen and oxygen atoms in total. The summed E-state index contributed by atoms with van der Waals surface area (Å²) in [4.78, 5) is 26.2. The molecule has 0 radical (unpaired) electrons. The van der Waals surface area contributed by atoms with Crippen molar-refractivity contribution < 1.29 is 14.7 Å². The van der Waals surface area contributed by atoms with Gasteiger partial charge in [-0.05, 0) is 64.2 Å². The minimum absolute atomic E-state index is 0.00367. The van der Waals surface area contributed by atoms with Crippen LogP contribution in [0.5, 0.6) is 5.75 Å². The first kappa shape index (κ1) is 19.8. The van der Waals surface area contributed by atoms with Gasteiger partial charge in [0, 0.05) is 9.13 Å². The molecule has 1 heterocycles. The number of imide groups is 1. The zero-order chi connectivity index (χ0) is 19.0. The number of hydrogen-bond acceptors (Lipinski definition) is 4. The van der Waals surface area contributed by atoms with E-state index in [1.807, 2.05) is 24.3 Å². The number of thioether (sulfide) groups is 1. The lowest BCUT2D eigenvalue weighted by Crippen LogP contribution is -2.27. The molecule has 1 aliphatic heterocycles. The minimum Gasteiger partial charge on any atom is -0.505 e. The molecule has 0 aromatic heterocycles. The Morgan fingerprint density at radius 1 is 1.12 bits per heavy atom. The molecule has 2 aromatic rings. The summed E-state index contributed by atoms with van der Waals surface area (Å²) in [7, 11) is 0. The van der Waals surface area contributed by atoms with Gasteiger partial charge in [0.1, 0.15) is 0 Å². The highest BCUT2D eigenvalue weighted by Gasteiger charge is 2.35. The lowest BCUT2D eigenvalue weighted by Gasteiger charge is -2.12. The molecule has 2 amide bonds. The average Bonchev–Trinajstić information content (AvgIpc) is 2.86. The SMILES string of the molecule is O=C1S/C(=C\c2c(Cl)cc(Cl)c(O)c2Cl)C(=O)N1Cc1ccc(I)cc1. The zero-order valence-electron chi connectivity index (χ0n) is 12.8. The van der Waals surface area contributed by atoms with Crippen molar-refractivity contribution in [2.75, 3.05) is 0 Å². The molecule has 0 atom stereocenters. The summed E-state index contributed by atoms with van der Waals surface area (Å²) in [6.07, 6.45) is 1.39. The molecule has 1 aliphatic rings. The third kappa shape index (κ3) is 3.99. The number of benzene rings is 2. The van der Waals surface area contributed by atoms with E-state index in [2.05, 4.69) is 22.6 Å². The van der Waals surface area contributed by atoms with Crippen molar-refractivity contribution in [3.63, 3.8) is 0 Å². The van der Waals surface area contributed by atoms with Gasteiger partial charge >= 0.3 is 0 Å². The molecule has 3 rings (SSSR count). The quantitative estimate of drug-likeness (QED) is 0.373. The maximum Gasteiger partial charge on any atom is 0.293 e. The third-order valence-corrected chi connectivity index (χ3v) is 6.19. The summed E-state index contributed by atoms with van der Waals surface area (Å²) in [6.45, 7) is 0.173. The second-order valence-electron chi connectivity index (χ2n) is 5.31. The van der Waals surface area contributed by atoms with Crippen LogP contribution in [-0.4, -0.2) is 21.2 Å². The summed E-state index contributed by atoms with van der Waals surface area (Å²) < 4.78 is 1.06. The Balaban J connectivity index is 1.90. The third-order valence-electron chi connectivity index (χ3n) is 3.58. The van der Waals surface area contributed by atoms with Gasteiger partial charge in [-0.15, -0.1) is 0 Å². The Morgan fingerprint density at radius 3 is 2.42 bits per heavy atom. The summed E-state index contributed by atoms with van der Waals surface area (Å²) in [6, 6.07) is 8.85. The van der Waals surface area contributed by atoms with Gasteiger partial charge in [0.15, 0.2) is 5.75 Å². The normalized spacial score (nSPS) is 16.0. The van der Waals surface area contributed by atoms with Gasteiger partial charge in [-0.3, -0.25) is 14.5 Å². The average molecular weight is 541 g/mol. The number of phenols is 1. The molecule has 134 valence electrons. The van der Waals surface area contributed by atoms with Gasteiger partial charge < -0.3 is 5.11 Å². The minimum atomic E-state index is -0.444. The number of carbonyl (C=O) groups excluding carboxylic acids is 2. The molecule has 0 unspecified atom stereocenters. The van der Waals surface area contributed by atoms with Crippen LogP contribution in [0.15, 0.2) is 35.2 Å². The van der Waals surface area contributed by atoms with E-state index >= 15 is 0 Å². The predicted octanol–water partition coefficient (Wildman–Crippen LogP) is 6.19. The topological polar surface area (TPSA) is 57.6 Å². The van der Waals surface area contributed by atoms with Crippen LogP contribution in [0.3, 0.4) is 0 Å². The van der Waals surface area contributed by atoms with Gasteiger partial charge in [-0.1, -0.05) is 46.9 Å². The van der Waals surface area contributed by atoms with E-state index in [1.165, 1.54) is 12.1 Å². The molecule has 1 fully saturated rings. The van der Waals surface area contributed by atoms with E-state index in [9.17, 15) is 14.7 Å². The molecule has 0 spiro atoms. The summed E-state index contributed by atoms with van der Waals surface area (Å²) in [5.41, 5.74) is 1.07. The van der Waals surface area contributed by atoms with E-state index in [4.69, 9.17) is 34.8 Å². The maximum absolute atomic E-state index is 12.6. The van der Waals surface area contributed by atoms with E-state index in [0.717, 1.165) is 25.8 Å². The Hall–Kier alpha value is -0.930. The van der Waals surface area contributed by atoms with E-state index in [-0.39, 0.29) is 43.1 Å². The molecule has 0 aliphatic carbocycles. The summed E-state index contributed by atoms with van der Waals surface area (Å²) >= 11 is 21.0. The number of hydrogen-bond donors (Lipinski definition) is 1. The van der Waals surface area contributed by atoms with Crippen LogP contribution in [0.25, 0.3) is 6.08 Å². The highest BCUT2D eigenvalue weighted by Crippen LogP contribution is 2.42. The van der Waals surface area contributed by atoms with Crippen molar-refractivity contribution in [3.05, 3.63) is 65.0 Å². The van der Waals surface area contributed by atoms with Crippen molar-refractivity contribution in [1.29, 1.82) is 0 Å². The highest BCUT2D eigenvalue weighted by atomic mass is 127. The number of halogens is 4. The predicted molar refractivity (Wildman–Crippen MR) is 114 cm³/mol. The lowest BCUT2D eigenvalue weighted by atomic mass is 10.2. The van der Waals surface area contributed by atoms with Gasteiger partial charge in [0.25, 0.3) is 11.1 Å². The second kappa shape index (κ2) is 7.98. The fourth-order valence-corrected chi connectivity index (χ4v) is 4.32. The van der Waals surface area contributed by atoms with E-state index in [1.54, 1.807) is 0 Å². The Bertz CT molecular complexity index is 947. The van der Waals surface area contributed by atoms with Crippen molar-refractivity contribution in [2.24, 2.45) is 0 Å². The van der Waals surface area contributed by atoms with Crippen molar-refractivity contribution >= 4 is 86.4 Å². The zero-order valence-corrected chi connectivity index (χ0v) is 18.0. The van der Waals surface area contributed by atoms with Gasteiger partial charge in [-0.25, -0.2) is 0 Å². The van der Waals surface area contributed by atoms with Crippen LogP contribution in [0.4, 0.5) is 4.79 Å². The fourth-order valence-electron chi connectivity index (χ4n) is 2.27. The van der Waals surface area contributed by atoms with E-state index in [0.29, 0.717) is 0 Å². The van der Waals surface area contributed by atoms with Crippen molar-refractivity contribution in [3.8, 4) is 5.75 Å². The van der Waals surface area contributed by atoms with Gasteiger partial charge in [-0.2, -0.15) is 0 Å². The molecule has 0 bridgehead atoms. The highest BCUT2D eigenvalue weighted by molar-refractivity contribution is 14.1. The molecule has 1 N–H and O–H groups in total. The smallest absolute Gasteiger partial charge is 0.293 e. The van der Waals surface area contributed by atoms with Gasteiger partial charge in [0.05, 0.1) is 26.5 Å². The first-order valence-electron chi connectivity index (χ1n) is 7.14. The molecule has 0 saturated carbocycles. The summed E-state index contributed by atoms with van der Waals surface area (Å²) in [5.74, 6) is -0.776. The second-order valence-corrected chi connectivity index (χ2v) is 8.74. The molecule has 1 saturated heterocycles. The van der Waals surface area contributed by atoms with Crippen LogP contribution in [0, 0.1) is 3.57 Å². The molecule has 9 heteroatoms. The number of phenolic OH excluding ortho intramolecular Hbond substituents is 1.